The first-order valence-electron chi connectivity index (χ1n) is 9.03. The third-order valence-electron chi connectivity index (χ3n) is 3.80. The van der Waals surface area contributed by atoms with E-state index in [2.05, 4.69) is 20.6 Å². The SMILES string of the molecule is CC(C)C(=O)Nc1cc(C(=O)Nc2cnccc2OCCC(C)(C)O)ccn1. The molecule has 2 heterocycles. The lowest BCUT2D eigenvalue weighted by Crippen LogP contribution is -2.22. The summed E-state index contributed by atoms with van der Waals surface area (Å²) in [5, 5.41) is 15.2. The molecule has 0 saturated carbocycles. The summed E-state index contributed by atoms with van der Waals surface area (Å²) >= 11 is 0. The molecule has 0 aliphatic heterocycles. The van der Waals surface area contributed by atoms with E-state index in [0.717, 1.165) is 0 Å². The van der Waals surface area contributed by atoms with Gasteiger partial charge in [-0.2, -0.15) is 0 Å². The molecule has 28 heavy (non-hydrogen) atoms. The fourth-order valence-electron chi connectivity index (χ4n) is 2.12. The van der Waals surface area contributed by atoms with Crippen LogP contribution in [0, 0.1) is 5.92 Å². The second-order valence-corrected chi connectivity index (χ2v) is 7.31. The summed E-state index contributed by atoms with van der Waals surface area (Å²) in [4.78, 5) is 32.5. The maximum absolute atomic E-state index is 12.6. The van der Waals surface area contributed by atoms with Crippen molar-refractivity contribution in [2.75, 3.05) is 17.2 Å². The van der Waals surface area contributed by atoms with E-state index in [4.69, 9.17) is 4.74 Å². The van der Waals surface area contributed by atoms with E-state index in [0.29, 0.717) is 29.2 Å². The highest BCUT2D eigenvalue weighted by Crippen LogP contribution is 2.24. The minimum atomic E-state index is -0.843. The van der Waals surface area contributed by atoms with E-state index in [1.807, 2.05) is 0 Å². The molecule has 2 aromatic heterocycles. The molecule has 2 amide bonds. The van der Waals surface area contributed by atoms with Crippen LogP contribution >= 0.6 is 0 Å². The molecule has 0 aromatic carbocycles. The van der Waals surface area contributed by atoms with Gasteiger partial charge in [-0.1, -0.05) is 13.8 Å². The monoisotopic (exact) mass is 386 g/mol. The zero-order valence-electron chi connectivity index (χ0n) is 16.5. The standard InChI is InChI=1S/C20H26N4O4/c1-13(2)18(25)24-17-11-14(5-9-22-17)19(26)23-15-12-21-8-6-16(15)28-10-7-20(3,4)27/h5-6,8-9,11-13,27H,7,10H2,1-4H3,(H,23,26)(H,22,24,25). The molecule has 0 unspecified atom stereocenters. The number of nitrogens with one attached hydrogen (secondary N) is 2. The number of aliphatic hydroxyl groups is 1. The molecular formula is C20H26N4O4. The number of nitrogens with zero attached hydrogens (tertiary/aromatic N) is 2. The van der Waals surface area contributed by atoms with Crippen LogP contribution in [0.15, 0.2) is 36.8 Å². The number of ether oxygens (including phenoxy) is 1. The summed E-state index contributed by atoms with van der Waals surface area (Å²) in [6, 6.07) is 4.69. The number of pyridine rings is 2. The average molecular weight is 386 g/mol. The van der Waals surface area contributed by atoms with Crippen molar-refractivity contribution in [2.24, 2.45) is 5.92 Å². The highest BCUT2D eigenvalue weighted by molar-refractivity contribution is 6.05. The number of rotatable bonds is 8. The van der Waals surface area contributed by atoms with Gasteiger partial charge in [0.2, 0.25) is 5.91 Å². The molecule has 0 atom stereocenters. The fraction of sp³-hybridized carbons (Fsp3) is 0.400. The molecule has 3 N–H and O–H groups in total. The molecule has 150 valence electrons. The van der Waals surface area contributed by atoms with E-state index >= 15 is 0 Å². The van der Waals surface area contributed by atoms with Crippen LogP contribution in [0.1, 0.15) is 44.5 Å². The van der Waals surface area contributed by atoms with Gasteiger partial charge in [-0.3, -0.25) is 14.6 Å². The molecule has 0 bridgehead atoms. The lowest BCUT2D eigenvalue weighted by atomic mass is 10.1. The smallest absolute Gasteiger partial charge is 0.255 e. The predicted octanol–water partition coefficient (Wildman–Crippen LogP) is 2.86. The van der Waals surface area contributed by atoms with Gasteiger partial charge in [-0.25, -0.2) is 4.98 Å². The zero-order chi connectivity index (χ0) is 20.7. The summed E-state index contributed by atoms with van der Waals surface area (Å²) in [5.74, 6) is -0.00458. The van der Waals surface area contributed by atoms with E-state index in [1.54, 1.807) is 46.0 Å². The van der Waals surface area contributed by atoms with Gasteiger partial charge in [0, 0.05) is 36.4 Å². The predicted molar refractivity (Wildman–Crippen MR) is 106 cm³/mol. The van der Waals surface area contributed by atoms with E-state index in [1.165, 1.54) is 18.5 Å². The Hall–Kier alpha value is -3.00. The Morgan fingerprint density at radius 1 is 1.21 bits per heavy atom. The third-order valence-corrected chi connectivity index (χ3v) is 3.80. The number of carbonyl (C=O) groups excluding carboxylic acids is 2. The first kappa shape index (κ1) is 21.3. The summed E-state index contributed by atoms with van der Waals surface area (Å²) < 4.78 is 5.67. The van der Waals surface area contributed by atoms with Crippen LogP contribution in [-0.4, -0.2) is 39.1 Å². The van der Waals surface area contributed by atoms with Gasteiger partial charge in [0.25, 0.3) is 5.91 Å². The highest BCUT2D eigenvalue weighted by atomic mass is 16.5. The Labute approximate surface area is 164 Å². The van der Waals surface area contributed by atoms with Gasteiger partial charge >= 0.3 is 0 Å². The van der Waals surface area contributed by atoms with Gasteiger partial charge in [0.1, 0.15) is 17.3 Å². The summed E-state index contributed by atoms with van der Waals surface area (Å²) in [6.07, 6.45) is 4.93. The molecular weight excluding hydrogens is 360 g/mol. The molecule has 0 radical (unpaired) electrons. The Kier molecular flexibility index (Phi) is 7.06. The van der Waals surface area contributed by atoms with Crippen LogP contribution in [0.5, 0.6) is 5.75 Å². The first-order chi connectivity index (χ1) is 13.2. The number of hydrogen-bond donors (Lipinski definition) is 3. The number of anilines is 2. The van der Waals surface area contributed by atoms with Crippen molar-refractivity contribution >= 4 is 23.3 Å². The molecule has 8 nitrogen and oxygen atoms in total. The maximum Gasteiger partial charge on any atom is 0.255 e. The minimum absolute atomic E-state index is 0.181. The van der Waals surface area contributed by atoms with Crippen molar-refractivity contribution < 1.29 is 19.4 Å². The fourth-order valence-corrected chi connectivity index (χ4v) is 2.12. The molecule has 0 saturated heterocycles. The molecule has 0 fully saturated rings. The Bertz CT molecular complexity index is 831. The van der Waals surface area contributed by atoms with Crippen LogP contribution in [0.2, 0.25) is 0 Å². The third kappa shape index (κ3) is 6.62. The number of hydrogen-bond acceptors (Lipinski definition) is 6. The van der Waals surface area contributed by atoms with Crippen molar-refractivity contribution in [3.63, 3.8) is 0 Å². The largest absolute Gasteiger partial charge is 0.491 e. The lowest BCUT2D eigenvalue weighted by Gasteiger charge is -2.18. The molecule has 0 aliphatic rings. The van der Waals surface area contributed by atoms with Gasteiger partial charge < -0.3 is 20.5 Å². The normalized spacial score (nSPS) is 11.2. The van der Waals surface area contributed by atoms with Gasteiger partial charge in [0.15, 0.2) is 0 Å². The lowest BCUT2D eigenvalue weighted by molar-refractivity contribution is -0.118. The van der Waals surface area contributed by atoms with Gasteiger partial charge in [-0.15, -0.1) is 0 Å². The van der Waals surface area contributed by atoms with E-state index in [-0.39, 0.29) is 24.3 Å². The van der Waals surface area contributed by atoms with Gasteiger partial charge in [0.05, 0.1) is 18.4 Å². The number of carbonyl (C=O) groups is 2. The quantitative estimate of drug-likeness (QED) is 0.643. The minimum Gasteiger partial charge on any atom is -0.491 e. The van der Waals surface area contributed by atoms with Crippen molar-refractivity contribution in [1.82, 2.24) is 9.97 Å². The second-order valence-electron chi connectivity index (χ2n) is 7.31. The number of amides is 2. The van der Waals surface area contributed by atoms with Crippen molar-refractivity contribution in [3.05, 3.63) is 42.4 Å². The second kappa shape index (κ2) is 9.27. The van der Waals surface area contributed by atoms with E-state index in [9.17, 15) is 14.7 Å². The summed E-state index contributed by atoms with van der Waals surface area (Å²) in [5.41, 5.74) is -0.0993. The Morgan fingerprint density at radius 2 is 1.96 bits per heavy atom. The Morgan fingerprint density at radius 3 is 2.64 bits per heavy atom. The summed E-state index contributed by atoms with van der Waals surface area (Å²) in [7, 11) is 0. The number of aromatic nitrogens is 2. The highest BCUT2D eigenvalue weighted by Gasteiger charge is 2.15. The van der Waals surface area contributed by atoms with Crippen LogP contribution in [-0.2, 0) is 4.79 Å². The molecule has 2 aromatic rings. The first-order valence-corrected chi connectivity index (χ1v) is 9.03. The average Bonchev–Trinajstić information content (AvgIpc) is 2.62. The molecule has 0 spiro atoms. The summed E-state index contributed by atoms with van der Waals surface area (Å²) in [6.45, 7) is 7.23. The van der Waals surface area contributed by atoms with Crippen LogP contribution in [0.3, 0.4) is 0 Å². The van der Waals surface area contributed by atoms with Crippen LogP contribution < -0.4 is 15.4 Å². The Balaban J connectivity index is 2.08. The van der Waals surface area contributed by atoms with Crippen molar-refractivity contribution in [3.8, 4) is 5.75 Å². The molecule has 8 heteroatoms. The van der Waals surface area contributed by atoms with Crippen LogP contribution in [0.4, 0.5) is 11.5 Å². The maximum atomic E-state index is 12.6. The van der Waals surface area contributed by atoms with Crippen molar-refractivity contribution in [2.45, 2.75) is 39.7 Å². The molecule has 0 aliphatic carbocycles. The van der Waals surface area contributed by atoms with Gasteiger partial charge in [-0.05, 0) is 26.0 Å². The van der Waals surface area contributed by atoms with Crippen LogP contribution in [0.25, 0.3) is 0 Å². The van der Waals surface area contributed by atoms with Crippen molar-refractivity contribution in [1.29, 1.82) is 0 Å². The van der Waals surface area contributed by atoms with E-state index < -0.39 is 5.60 Å². The topological polar surface area (TPSA) is 113 Å². The zero-order valence-corrected chi connectivity index (χ0v) is 16.5. The molecule has 2 rings (SSSR count).